The first-order chi connectivity index (χ1) is 9.31. The zero-order chi connectivity index (χ0) is 13.5. The van der Waals surface area contributed by atoms with Crippen LogP contribution in [0.15, 0.2) is 30.3 Å². The van der Waals surface area contributed by atoms with Crippen molar-refractivity contribution in [2.24, 2.45) is 0 Å². The van der Waals surface area contributed by atoms with Crippen molar-refractivity contribution >= 4 is 0 Å². The summed E-state index contributed by atoms with van der Waals surface area (Å²) in [5.74, 6) is 0. The van der Waals surface area contributed by atoms with Crippen molar-refractivity contribution in [1.29, 1.82) is 0 Å². The fourth-order valence-electron chi connectivity index (χ4n) is 3.06. The largest absolute Gasteiger partial charge is 0.309 e. The maximum Gasteiger partial charge on any atom is 0.0449 e. The van der Waals surface area contributed by atoms with Gasteiger partial charge in [0, 0.05) is 18.6 Å². The summed E-state index contributed by atoms with van der Waals surface area (Å²) in [7, 11) is 0. The van der Waals surface area contributed by atoms with E-state index in [-0.39, 0.29) is 0 Å². The van der Waals surface area contributed by atoms with Crippen LogP contribution in [-0.4, -0.2) is 30.6 Å². The van der Waals surface area contributed by atoms with Gasteiger partial charge in [-0.15, -0.1) is 0 Å². The van der Waals surface area contributed by atoms with E-state index in [2.05, 4.69) is 54.4 Å². The lowest BCUT2D eigenvalue weighted by Crippen LogP contribution is -2.40. The molecule has 2 rings (SSSR count). The van der Waals surface area contributed by atoms with Gasteiger partial charge in [0.15, 0.2) is 0 Å². The van der Waals surface area contributed by atoms with Crippen molar-refractivity contribution < 1.29 is 0 Å². The van der Waals surface area contributed by atoms with Gasteiger partial charge in [-0.05, 0) is 38.4 Å². The van der Waals surface area contributed by atoms with Crippen LogP contribution >= 0.6 is 0 Å². The third-order valence-electron chi connectivity index (χ3n) is 4.26. The number of hydrogen-bond acceptors (Lipinski definition) is 2. The Kier molecular flexibility index (Phi) is 5.87. The summed E-state index contributed by atoms with van der Waals surface area (Å²) in [6, 6.07) is 12.1. The SMILES string of the molecule is CCNC(CN1CCCCCC1C)c1ccccc1. The zero-order valence-electron chi connectivity index (χ0n) is 12.4. The number of benzene rings is 1. The highest BCUT2D eigenvalue weighted by Gasteiger charge is 2.21. The number of nitrogens with zero attached hydrogens (tertiary/aromatic N) is 1. The molecule has 1 saturated heterocycles. The van der Waals surface area contributed by atoms with Crippen LogP contribution in [-0.2, 0) is 0 Å². The molecule has 1 aromatic carbocycles. The minimum Gasteiger partial charge on any atom is -0.309 e. The Balaban J connectivity index is 2.03. The average molecular weight is 260 g/mol. The van der Waals surface area contributed by atoms with E-state index in [1.54, 1.807) is 0 Å². The van der Waals surface area contributed by atoms with Gasteiger partial charge >= 0.3 is 0 Å². The fraction of sp³-hybridized carbons (Fsp3) is 0.647. The summed E-state index contributed by atoms with van der Waals surface area (Å²) in [6.45, 7) is 8.01. The zero-order valence-corrected chi connectivity index (χ0v) is 12.4. The predicted molar refractivity (Wildman–Crippen MR) is 82.4 cm³/mol. The first-order valence-corrected chi connectivity index (χ1v) is 7.83. The number of likely N-dealkylation sites (N-methyl/N-ethyl adjacent to an activating group) is 1. The highest BCUT2D eigenvalue weighted by molar-refractivity contribution is 5.19. The molecule has 1 aliphatic rings. The van der Waals surface area contributed by atoms with Crippen molar-refractivity contribution in [3.8, 4) is 0 Å². The van der Waals surface area contributed by atoms with E-state index < -0.39 is 0 Å². The minimum atomic E-state index is 0.465. The van der Waals surface area contributed by atoms with Crippen molar-refractivity contribution in [2.75, 3.05) is 19.6 Å². The van der Waals surface area contributed by atoms with Crippen LogP contribution in [0.5, 0.6) is 0 Å². The fourth-order valence-corrected chi connectivity index (χ4v) is 3.06. The lowest BCUT2D eigenvalue weighted by molar-refractivity contribution is 0.191. The molecule has 2 atom stereocenters. The monoisotopic (exact) mass is 260 g/mol. The number of hydrogen-bond donors (Lipinski definition) is 1. The molecule has 0 radical (unpaired) electrons. The molecule has 106 valence electrons. The Hall–Kier alpha value is -0.860. The third kappa shape index (κ3) is 4.32. The number of rotatable bonds is 5. The standard InChI is InChI=1S/C17H28N2/c1-3-18-17(16-11-7-4-8-12-16)14-19-13-9-5-6-10-15(19)2/h4,7-8,11-12,15,17-18H,3,5-6,9-10,13-14H2,1-2H3. The Bertz CT molecular complexity index is 350. The van der Waals surface area contributed by atoms with Crippen LogP contribution in [0, 0.1) is 0 Å². The molecule has 1 heterocycles. The summed E-state index contributed by atoms with van der Waals surface area (Å²) >= 11 is 0. The number of nitrogens with one attached hydrogen (secondary N) is 1. The maximum absolute atomic E-state index is 3.65. The second kappa shape index (κ2) is 7.66. The topological polar surface area (TPSA) is 15.3 Å². The van der Waals surface area contributed by atoms with Crippen molar-refractivity contribution in [1.82, 2.24) is 10.2 Å². The molecule has 2 nitrogen and oxygen atoms in total. The molecule has 2 heteroatoms. The Morgan fingerprint density at radius 1 is 1.21 bits per heavy atom. The smallest absolute Gasteiger partial charge is 0.0449 e. The van der Waals surface area contributed by atoms with Crippen LogP contribution < -0.4 is 5.32 Å². The molecule has 0 aliphatic carbocycles. The van der Waals surface area contributed by atoms with E-state index in [4.69, 9.17) is 0 Å². The molecule has 0 amide bonds. The molecule has 1 aromatic rings. The Labute approximate surface area is 118 Å². The van der Waals surface area contributed by atoms with Gasteiger partial charge in [0.1, 0.15) is 0 Å². The van der Waals surface area contributed by atoms with E-state index in [1.807, 2.05) is 0 Å². The second-order valence-corrected chi connectivity index (χ2v) is 5.71. The van der Waals surface area contributed by atoms with Crippen LogP contribution in [0.4, 0.5) is 0 Å². The van der Waals surface area contributed by atoms with E-state index in [1.165, 1.54) is 37.8 Å². The van der Waals surface area contributed by atoms with Gasteiger partial charge in [0.05, 0.1) is 0 Å². The van der Waals surface area contributed by atoms with Gasteiger partial charge in [-0.3, -0.25) is 4.90 Å². The second-order valence-electron chi connectivity index (χ2n) is 5.71. The average Bonchev–Trinajstić information content (AvgIpc) is 2.64. The third-order valence-corrected chi connectivity index (χ3v) is 4.26. The van der Waals surface area contributed by atoms with Gasteiger partial charge in [0.2, 0.25) is 0 Å². The van der Waals surface area contributed by atoms with Crippen molar-refractivity contribution in [3.05, 3.63) is 35.9 Å². The highest BCUT2D eigenvalue weighted by atomic mass is 15.2. The molecule has 0 aromatic heterocycles. The Morgan fingerprint density at radius 3 is 2.74 bits per heavy atom. The molecule has 1 N–H and O–H groups in total. The maximum atomic E-state index is 3.65. The molecular weight excluding hydrogens is 232 g/mol. The lowest BCUT2D eigenvalue weighted by Gasteiger charge is -2.31. The quantitative estimate of drug-likeness (QED) is 0.870. The predicted octanol–water partition coefficient (Wildman–Crippen LogP) is 3.60. The van der Waals surface area contributed by atoms with Gasteiger partial charge in [-0.25, -0.2) is 0 Å². The van der Waals surface area contributed by atoms with Crippen LogP contribution in [0.25, 0.3) is 0 Å². The summed E-state index contributed by atoms with van der Waals surface area (Å²) in [5, 5.41) is 3.65. The van der Waals surface area contributed by atoms with E-state index >= 15 is 0 Å². The van der Waals surface area contributed by atoms with Gasteiger partial charge in [-0.1, -0.05) is 50.1 Å². The first kappa shape index (κ1) is 14.5. The van der Waals surface area contributed by atoms with Gasteiger partial charge in [-0.2, -0.15) is 0 Å². The summed E-state index contributed by atoms with van der Waals surface area (Å²) in [4.78, 5) is 2.67. The lowest BCUT2D eigenvalue weighted by atomic mass is 10.1. The molecule has 0 bridgehead atoms. The van der Waals surface area contributed by atoms with E-state index in [0.717, 1.165) is 19.1 Å². The van der Waals surface area contributed by atoms with E-state index in [9.17, 15) is 0 Å². The number of likely N-dealkylation sites (tertiary alicyclic amines) is 1. The highest BCUT2D eigenvalue weighted by Crippen LogP contribution is 2.21. The molecular formula is C17H28N2. The van der Waals surface area contributed by atoms with Crippen molar-refractivity contribution in [3.63, 3.8) is 0 Å². The summed E-state index contributed by atoms with van der Waals surface area (Å²) in [5.41, 5.74) is 1.42. The van der Waals surface area contributed by atoms with Crippen molar-refractivity contribution in [2.45, 2.75) is 51.6 Å². The molecule has 1 fully saturated rings. The van der Waals surface area contributed by atoms with E-state index in [0.29, 0.717) is 6.04 Å². The molecule has 19 heavy (non-hydrogen) atoms. The van der Waals surface area contributed by atoms with Crippen LogP contribution in [0.1, 0.15) is 51.1 Å². The molecule has 0 spiro atoms. The molecule has 2 unspecified atom stereocenters. The normalized spacial score (nSPS) is 22.9. The van der Waals surface area contributed by atoms with Gasteiger partial charge < -0.3 is 5.32 Å². The summed E-state index contributed by atoms with van der Waals surface area (Å²) in [6.07, 6.45) is 5.51. The molecule has 0 saturated carbocycles. The minimum absolute atomic E-state index is 0.465. The summed E-state index contributed by atoms with van der Waals surface area (Å²) < 4.78 is 0. The first-order valence-electron chi connectivity index (χ1n) is 7.83. The Morgan fingerprint density at radius 2 is 2.00 bits per heavy atom. The van der Waals surface area contributed by atoms with Crippen LogP contribution in [0.2, 0.25) is 0 Å². The van der Waals surface area contributed by atoms with Gasteiger partial charge in [0.25, 0.3) is 0 Å². The molecule has 1 aliphatic heterocycles. The van der Waals surface area contributed by atoms with Crippen LogP contribution in [0.3, 0.4) is 0 Å².